The van der Waals surface area contributed by atoms with Gasteiger partial charge in [-0.3, -0.25) is 15.0 Å². The molecule has 2 aliphatic rings. The molecule has 0 aromatic carbocycles. The van der Waals surface area contributed by atoms with Crippen molar-refractivity contribution in [3.05, 3.63) is 27.4 Å². The van der Waals surface area contributed by atoms with E-state index in [-0.39, 0.29) is 10.6 Å². The Morgan fingerprint density at radius 3 is 2.58 bits per heavy atom. The molecule has 0 radical (unpaired) electrons. The van der Waals surface area contributed by atoms with Crippen molar-refractivity contribution < 1.29 is 4.92 Å². The van der Waals surface area contributed by atoms with Gasteiger partial charge in [0, 0.05) is 31.7 Å². The maximum Gasteiger partial charge on any atom is 0.292 e. The van der Waals surface area contributed by atoms with Crippen LogP contribution in [0.2, 0.25) is 0 Å². The van der Waals surface area contributed by atoms with Crippen molar-refractivity contribution in [2.24, 2.45) is 0 Å². The Bertz CT molecular complexity index is 512. The second-order valence-corrected chi connectivity index (χ2v) is 5.40. The molecule has 3 rings (SSSR count). The van der Waals surface area contributed by atoms with E-state index in [1.165, 1.54) is 25.5 Å². The van der Waals surface area contributed by atoms with Crippen LogP contribution in [0.25, 0.3) is 0 Å². The molecule has 0 N–H and O–H groups in total. The first kappa shape index (κ1) is 12.3. The van der Waals surface area contributed by atoms with E-state index in [0.29, 0.717) is 6.54 Å². The highest BCUT2D eigenvalue weighted by Gasteiger charge is 2.30. The molecular weight excluding hydrogens is 244 g/mol. The number of fused-ring (bicyclic) bond motifs is 1. The fourth-order valence-corrected chi connectivity index (χ4v) is 3.04. The van der Waals surface area contributed by atoms with Crippen molar-refractivity contribution in [3.8, 4) is 0 Å². The highest BCUT2D eigenvalue weighted by Crippen LogP contribution is 2.35. The molecule has 0 spiro atoms. The number of nitrogens with zero attached hydrogens (tertiary/aromatic N) is 4. The topological polar surface area (TPSA) is 62.5 Å². The fourth-order valence-electron chi connectivity index (χ4n) is 3.04. The summed E-state index contributed by atoms with van der Waals surface area (Å²) in [5.74, 6) is 0.963. The van der Waals surface area contributed by atoms with Crippen LogP contribution in [0.4, 0.5) is 11.5 Å². The van der Waals surface area contributed by atoms with Gasteiger partial charge < -0.3 is 4.90 Å². The average molecular weight is 262 g/mol. The van der Waals surface area contributed by atoms with Crippen LogP contribution < -0.4 is 4.90 Å². The summed E-state index contributed by atoms with van der Waals surface area (Å²) in [6.45, 7) is 3.44. The molecule has 1 aromatic rings. The zero-order chi connectivity index (χ0) is 13.4. The van der Waals surface area contributed by atoms with E-state index in [4.69, 9.17) is 0 Å². The van der Waals surface area contributed by atoms with Gasteiger partial charge in [-0.25, -0.2) is 4.98 Å². The van der Waals surface area contributed by atoms with Crippen LogP contribution in [0.3, 0.4) is 0 Å². The van der Waals surface area contributed by atoms with Gasteiger partial charge in [0.05, 0.1) is 10.5 Å². The summed E-state index contributed by atoms with van der Waals surface area (Å²) in [6.07, 6.45) is 5.07. The molecule has 19 heavy (non-hydrogen) atoms. The summed E-state index contributed by atoms with van der Waals surface area (Å²) < 4.78 is 0. The summed E-state index contributed by atoms with van der Waals surface area (Å²) >= 11 is 0. The number of hydrogen-bond acceptors (Lipinski definition) is 5. The molecule has 1 saturated heterocycles. The third-order valence-corrected chi connectivity index (χ3v) is 3.96. The van der Waals surface area contributed by atoms with E-state index >= 15 is 0 Å². The number of rotatable bonds is 2. The minimum atomic E-state index is -0.315. The number of hydrogen-bond donors (Lipinski definition) is 0. The van der Waals surface area contributed by atoms with Crippen LogP contribution in [-0.2, 0) is 13.1 Å². The van der Waals surface area contributed by atoms with Gasteiger partial charge in [-0.15, -0.1) is 0 Å². The fraction of sp³-hybridized carbons (Fsp3) is 0.615. The molecule has 0 aliphatic carbocycles. The molecule has 0 unspecified atom stereocenters. The molecule has 6 heteroatoms. The Kier molecular flexibility index (Phi) is 3.10. The smallest absolute Gasteiger partial charge is 0.292 e. The van der Waals surface area contributed by atoms with Crippen LogP contribution in [0.1, 0.15) is 30.4 Å². The molecule has 0 bridgehead atoms. The molecule has 102 valence electrons. The van der Waals surface area contributed by atoms with Gasteiger partial charge in [-0.1, -0.05) is 0 Å². The molecule has 6 nitrogen and oxygen atoms in total. The maximum atomic E-state index is 11.1. The molecule has 3 heterocycles. The molecule has 0 amide bonds. The molecule has 0 atom stereocenters. The lowest BCUT2D eigenvalue weighted by Gasteiger charge is -2.29. The van der Waals surface area contributed by atoms with Crippen LogP contribution in [0.15, 0.2) is 6.20 Å². The van der Waals surface area contributed by atoms with Gasteiger partial charge in [-0.2, -0.15) is 0 Å². The van der Waals surface area contributed by atoms with Gasteiger partial charge in [-0.05, 0) is 26.3 Å². The minimum Gasteiger partial charge on any atom is -0.356 e. The number of aromatic nitrogens is 1. The Morgan fingerprint density at radius 2 is 1.89 bits per heavy atom. The normalized spacial score (nSPS) is 19.5. The third kappa shape index (κ3) is 2.16. The number of pyridine rings is 1. The second-order valence-electron chi connectivity index (χ2n) is 5.40. The lowest BCUT2D eigenvalue weighted by atomic mass is 10.1. The van der Waals surface area contributed by atoms with Crippen molar-refractivity contribution in [3.63, 3.8) is 0 Å². The first-order chi connectivity index (χ1) is 9.16. The standard InChI is InChI=1S/C13H18N4O2/c1-15-8-10-11(9-15)13(14-7-12(10)17(18)19)16-5-3-2-4-6-16/h7H,2-6,8-9H2,1H3. The van der Waals surface area contributed by atoms with E-state index in [0.717, 1.165) is 36.6 Å². The first-order valence-corrected chi connectivity index (χ1v) is 6.75. The van der Waals surface area contributed by atoms with Crippen LogP contribution in [0, 0.1) is 10.1 Å². The van der Waals surface area contributed by atoms with Gasteiger partial charge in [0.1, 0.15) is 12.0 Å². The van der Waals surface area contributed by atoms with Gasteiger partial charge >= 0.3 is 0 Å². The van der Waals surface area contributed by atoms with Crippen LogP contribution >= 0.6 is 0 Å². The summed E-state index contributed by atoms with van der Waals surface area (Å²) in [4.78, 5) is 19.5. The predicted octanol–water partition coefficient (Wildman–Crippen LogP) is 1.93. The molecule has 1 fully saturated rings. The van der Waals surface area contributed by atoms with Gasteiger partial charge in [0.25, 0.3) is 5.69 Å². The molecule has 1 aromatic heterocycles. The van der Waals surface area contributed by atoms with Gasteiger partial charge in [0.15, 0.2) is 0 Å². The van der Waals surface area contributed by atoms with Crippen molar-refractivity contribution in [2.75, 3.05) is 25.0 Å². The zero-order valence-corrected chi connectivity index (χ0v) is 11.1. The van der Waals surface area contributed by atoms with Crippen molar-refractivity contribution >= 4 is 11.5 Å². The lowest BCUT2D eigenvalue weighted by molar-refractivity contribution is -0.385. The largest absolute Gasteiger partial charge is 0.356 e. The number of anilines is 1. The Balaban J connectivity index is 2.02. The number of piperidine rings is 1. The Hall–Kier alpha value is -1.69. The maximum absolute atomic E-state index is 11.1. The molecular formula is C13H18N4O2. The minimum absolute atomic E-state index is 0.167. The summed E-state index contributed by atoms with van der Waals surface area (Å²) in [6, 6.07) is 0. The van der Waals surface area contributed by atoms with E-state index in [2.05, 4.69) is 14.8 Å². The van der Waals surface area contributed by atoms with Crippen molar-refractivity contribution in [1.29, 1.82) is 0 Å². The predicted molar refractivity (Wildman–Crippen MR) is 72.1 cm³/mol. The Labute approximate surface area is 112 Å². The van der Waals surface area contributed by atoms with Crippen LogP contribution in [0.5, 0.6) is 0 Å². The monoisotopic (exact) mass is 262 g/mol. The highest BCUT2D eigenvalue weighted by atomic mass is 16.6. The third-order valence-electron chi connectivity index (χ3n) is 3.96. The lowest BCUT2D eigenvalue weighted by Crippen LogP contribution is -2.31. The van der Waals surface area contributed by atoms with E-state index in [1.54, 1.807) is 0 Å². The summed E-state index contributed by atoms with van der Waals surface area (Å²) in [5, 5.41) is 11.1. The quantitative estimate of drug-likeness (QED) is 0.602. The highest BCUT2D eigenvalue weighted by molar-refractivity contribution is 5.59. The average Bonchev–Trinajstić information content (AvgIpc) is 2.79. The van der Waals surface area contributed by atoms with E-state index in [9.17, 15) is 10.1 Å². The molecule has 0 saturated carbocycles. The van der Waals surface area contributed by atoms with Crippen LogP contribution in [-0.4, -0.2) is 34.9 Å². The second kappa shape index (κ2) is 4.77. The van der Waals surface area contributed by atoms with E-state index < -0.39 is 0 Å². The Morgan fingerprint density at radius 1 is 1.21 bits per heavy atom. The SMILES string of the molecule is CN1Cc2c([N+](=O)[O-])cnc(N3CCCCC3)c2C1. The van der Waals surface area contributed by atoms with Crippen molar-refractivity contribution in [1.82, 2.24) is 9.88 Å². The number of nitro groups is 1. The molecule has 2 aliphatic heterocycles. The first-order valence-electron chi connectivity index (χ1n) is 6.75. The zero-order valence-electron chi connectivity index (χ0n) is 11.1. The van der Waals surface area contributed by atoms with Crippen molar-refractivity contribution in [2.45, 2.75) is 32.4 Å². The van der Waals surface area contributed by atoms with Gasteiger partial charge in [0.2, 0.25) is 0 Å². The van der Waals surface area contributed by atoms with E-state index in [1.807, 2.05) is 7.05 Å². The summed E-state index contributed by atoms with van der Waals surface area (Å²) in [5.41, 5.74) is 2.07. The summed E-state index contributed by atoms with van der Waals surface area (Å²) in [7, 11) is 1.99.